The van der Waals surface area contributed by atoms with Crippen LogP contribution < -0.4 is 11.4 Å². The lowest BCUT2D eigenvalue weighted by molar-refractivity contribution is 0.318. The van der Waals surface area contributed by atoms with Crippen LogP contribution in [0.3, 0.4) is 0 Å². The summed E-state index contributed by atoms with van der Waals surface area (Å²) < 4.78 is 34.6. The first-order valence-corrected chi connectivity index (χ1v) is 11.7. The van der Waals surface area contributed by atoms with Gasteiger partial charge in [0.25, 0.3) is 0 Å². The van der Waals surface area contributed by atoms with Crippen LogP contribution in [0.1, 0.15) is 9.75 Å². The molecule has 0 bridgehead atoms. The molecule has 1 aliphatic rings. The van der Waals surface area contributed by atoms with Gasteiger partial charge in [0.05, 0.1) is 42.3 Å². The maximum atomic E-state index is 12.7. The molecule has 12 heteroatoms. The third-order valence-electron chi connectivity index (χ3n) is 4.54. The summed E-state index contributed by atoms with van der Waals surface area (Å²) in [4.78, 5) is 16.3. The summed E-state index contributed by atoms with van der Waals surface area (Å²) in [5.74, 6) is 7.06. The maximum Gasteiger partial charge on any atom is 0.346 e. The Morgan fingerprint density at radius 1 is 1.37 bits per heavy atom. The Morgan fingerprint density at radius 2 is 2.10 bits per heavy atom. The smallest absolute Gasteiger partial charge is 0.327 e. The predicted molar refractivity (Wildman–Crippen MR) is 121 cm³/mol. The van der Waals surface area contributed by atoms with Crippen molar-refractivity contribution in [3.05, 3.63) is 50.6 Å². The highest BCUT2D eigenvalue weighted by molar-refractivity contribution is 8.24. The molecular formula is C18H25ClFN5O3S2. The Hall–Kier alpha value is -1.65. The molecule has 0 aromatic carbocycles. The number of hydrogen-bond acceptors (Lipinski definition) is 7. The molecule has 0 saturated carbocycles. The quantitative estimate of drug-likeness (QED) is 0.547. The van der Waals surface area contributed by atoms with Crippen LogP contribution >= 0.6 is 34.3 Å². The van der Waals surface area contributed by atoms with Gasteiger partial charge in [-0.3, -0.25) is 18.6 Å². The predicted octanol–water partition coefficient (Wildman–Crippen LogP) is 1.81. The molecule has 0 spiro atoms. The largest absolute Gasteiger partial charge is 0.346 e. The highest BCUT2D eigenvalue weighted by Gasteiger charge is 2.21. The minimum absolute atomic E-state index is 0. The lowest BCUT2D eigenvalue weighted by atomic mass is 10.3. The summed E-state index contributed by atoms with van der Waals surface area (Å²) in [6.45, 7) is 2.30. The molecule has 2 aromatic heterocycles. The van der Waals surface area contributed by atoms with Crippen LogP contribution in [-0.4, -0.2) is 66.0 Å². The molecule has 8 nitrogen and oxygen atoms in total. The van der Waals surface area contributed by atoms with Crippen molar-refractivity contribution >= 4 is 34.3 Å². The van der Waals surface area contributed by atoms with Crippen LogP contribution in [0.5, 0.6) is 0 Å². The van der Waals surface area contributed by atoms with Gasteiger partial charge in [-0.2, -0.15) is 15.7 Å². The van der Waals surface area contributed by atoms with E-state index in [0.29, 0.717) is 49.6 Å². The highest BCUT2D eigenvalue weighted by Crippen LogP contribution is 2.40. The van der Waals surface area contributed by atoms with E-state index in [1.807, 2.05) is 12.1 Å². The van der Waals surface area contributed by atoms with E-state index >= 15 is 0 Å². The number of rotatable bonds is 6. The molecule has 2 aromatic rings. The van der Waals surface area contributed by atoms with Gasteiger partial charge in [0, 0.05) is 24.5 Å². The summed E-state index contributed by atoms with van der Waals surface area (Å²) in [7, 11) is -2.38. The van der Waals surface area contributed by atoms with Gasteiger partial charge in [0.15, 0.2) is 0 Å². The average Bonchev–Trinajstić information content (AvgIpc) is 3.29. The van der Waals surface area contributed by atoms with Crippen molar-refractivity contribution < 1.29 is 13.5 Å². The Labute approximate surface area is 185 Å². The number of hydrogen-bond donors (Lipinski definition) is 3. The maximum absolute atomic E-state index is 12.7. The van der Waals surface area contributed by atoms with Crippen LogP contribution in [0, 0.1) is 11.8 Å². The zero-order valence-corrected chi connectivity index (χ0v) is 18.7. The van der Waals surface area contributed by atoms with Crippen LogP contribution in [0.2, 0.25) is 0 Å². The molecule has 0 atom stereocenters. The third-order valence-corrected chi connectivity index (χ3v) is 7.20. The summed E-state index contributed by atoms with van der Waals surface area (Å²) in [5, 5.41) is 4.01. The minimum Gasteiger partial charge on any atom is -0.327 e. The fourth-order valence-electron chi connectivity index (χ4n) is 2.78. The van der Waals surface area contributed by atoms with Gasteiger partial charge in [0.2, 0.25) is 0 Å². The number of halogens is 2. The number of thiophene rings is 1. The van der Waals surface area contributed by atoms with E-state index in [4.69, 9.17) is 5.73 Å². The van der Waals surface area contributed by atoms with Crippen molar-refractivity contribution in [2.75, 3.05) is 37.7 Å². The molecule has 0 amide bonds. The fraction of sp³-hybridized carbons (Fsp3) is 0.444. The van der Waals surface area contributed by atoms with E-state index in [2.05, 4.69) is 21.8 Å². The van der Waals surface area contributed by atoms with Crippen LogP contribution in [0.25, 0.3) is 0 Å². The molecular weight excluding hydrogens is 453 g/mol. The van der Waals surface area contributed by atoms with E-state index < -0.39 is 10.6 Å². The van der Waals surface area contributed by atoms with Crippen molar-refractivity contribution in [1.82, 2.24) is 19.2 Å². The summed E-state index contributed by atoms with van der Waals surface area (Å²) in [6.07, 6.45) is 1.84. The summed E-state index contributed by atoms with van der Waals surface area (Å²) >= 11 is 1.50. The Balaban J connectivity index is 0.00000320. The Bertz CT molecular complexity index is 982. The van der Waals surface area contributed by atoms with E-state index in [0.717, 1.165) is 9.75 Å². The number of aromatic nitrogens is 3. The first-order chi connectivity index (χ1) is 13.9. The average molecular weight is 478 g/mol. The Kier molecular flexibility index (Phi) is 9.11. The minimum atomic E-state index is -2.38. The van der Waals surface area contributed by atoms with Crippen molar-refractivity contribution in [1.29, 1.82) is 0 Å². The third kappa shape index (κ3) is 6.68. The zero-order valence-electron chi connectivity index (χ0n) is 16.2. The van der Waals surface area contributed by atoms with Crippen LogP contribution in [0.15, 0.2) is 35.2 Å². The van der Waals surface area contributed by atoms with E-state index in [1.165, 1.54) is 26.9 Å². The lowest BCUT2D eigenvalue weighted by Gasteiger charge is -2.40. The molecule has 30 heavy (non-hydrogen) atoms. The van der Waals surface area contributed by atoms with Gasteiger partial charge in [-0.05, 0) is 17.7 Å². The number of nitrogens with zero attached hydrogens (tertiary/aromatic N) is 4. The van der Waals surface area contributed by atoms with Gasteiger partial charge >= 0.3 is 5.69 Å². The second-order valence-electron chi connectivity index (χ2n) is 6.72. The topological polar surface area (TPSA) is 110 Å². The molecule has 1 fully saturated rings. The fourth-order valence-corrected chi connectivity index (χ4v) is 4.97. The van der Waals surface area contributed by atoms with Crippen molar-refractivity contribution in [2.24, 2.45) is 5.73 Å². The summed E-state index contributed by atoms with van der Waals surface area (Å²) in [5.41, 5.74) is 5.39. The Morgan fingerprint density at radius 3 is 2.77 bits per heavy atom. The van der Waals surface area contributed by atoms with Gasteiger partial charge in [0.1, 0.15) is 6.33 Å². The highest BCUT2D eigenvalue weighted by atomic mass is 35.5. The molecule has 3 rings (SSSR count). The molecule has 166 valence electrons. The molecule has 0 unspecified atom stereocenters. The number of nitrogens with two attached hydrogens (primary N) is 1. The molecule has 1 saturated heterocycles. The summed E-state index contributed by atoms with van der Waals surface area (Å²) in [6, 6.07) is 3.83. The normalized spacial score (nSPS) is 17.7. The first-order valence-electron chi connectivity index (χ1n) is 9.04. The van der Waals surface area contributed by atoms with Crippen LogP contribution in [0.4, 0.5) is 4.39 Å². The van der Waals surface area contributed by atoms with E-state index in [9.17, 15) is 18.3 Å². The molecule has 0 radical (unpaired) electrons. The second-order valence-corrected chi connectivity index (χ2v) is 10.3. The van der Waals surface area contributed by atoms with Gasteiger partial charge in [-0.1, -0.05) is 11.8 Å². The molecule has 4 N–H and O–H groups in total. The van der Waals surface area contributed by atoms with Gasteiger partial charge in [-0.25, -0.2) is 13.9 Å². The first kappa shape index (κ1) is 24.6. The van der Waals surface area contributed by atoms with Crippen molar-refractivity contribution in [3.63, 3.8) is 0 Å². The van der Waals surface area contributed by atoms with Crippen molar-refractivity contribution in [3.8, 4) is 11.8 Å². The molecule has 1 aliphatic heterocycles. The second kappa shape index (κ2) is 11.1. The van der Waals surface area contributed by atoms with Crippen molar-refractivity contribution in [2.45, 2.75) is 13.1 Å². The zero-order chi connectivity index (χ0) is 20.9. The standard InChI is InChI=1S/C18H24FN5O3S2.ClH/c19-10-15(11-20)12-24-18(25)23(14-21-24)13-17-4-3-16(28-17)2-1-5-22-6-8-29(26,27)9-7-22;/h3-4,10,14,26-27H,5-9,11-13,20H2;1H/b15-10+;. The van der Waals surface area contributed by atoms with E-state index in [-0.39, 0.29) is 31.2 Å². The van der Waals surface area contributed by atoms with Crippen LogP contribution in [-0.2, 0) is 13.1 Å². The van der Waals surface area contributed by atoms with Gasteiger partial charge in [-0.15, -0.1) is 23.7 Å². The van der Waals surface area contributed by atoms with Gasteiger partial charge < -0.3 is 5.73 Å². The lowest BCUT2D eigenvalue weighted by Crippen LogP contribution is -2.38. The molecule has 0 aliphatic carbocycles. The monoisotopic (exact) mass is 477 g/mol. The van der Waals surface area contributed by atoms with E-state index in [1.54, 1.807) is 0 Å². The SMILES string of the molecule is Cl.NC/C(=C\F)Cn1ncn(Cc2ccc(C#CCN3CCS(O)(O)CC3)s2)c1=O. The molecule has 3 heterocycles.